The summed E-state index contributed by atoms with van der Waals surface area (Å²) in [5.41, 5.74) is 0. The Labute approximate surface area is 110 Å². The van der Waals surface area contributed by atoms with Crippen LogP contribution < -0.4 is 10.6 Å². The van der Waals surface area contributed by atoms with Crippen LogP contribution in [-0.4, -0.2) is 36.4 Å². The molecule has 0 aromatic rings. The van der Waals surface area contributed by atoms with Crippen LogP contribution in [0.2, 0.25) is 0 Å². The molecule has 0 spiro atoms. The highest BCUT2D eigenvalue weighted by Gasteiger charge is 2.13. The van der Waals surface area contributed by atoms with E-state index in [1.165, 1.54) is 18.7 Å². The molecule has 17 heavy (non-hydrogen) atoms. The van der Waals surface area contributed by atoms with E-state index >= 15 is 0 Å². The number of carbonyl (C=O) groups is 2. The van der Waals surface area contributed by atoms with E-state index in [0.29, 0.717) is 12.3 Å². The SMILES string of the molecule is CC.CC.CCNC(=O)CSC(NC)C(C)=O. The average Bonchev–Trinajstić information content (AvgIpc) is 2.35. The summed E-state index contributed by atoms with van der Waals surface area (Å²) in [4.78, 5) is 21.9. The van der Waals surface area contributed by atoms with Gasteiger partial charge in [0.1, 0.15) is 5.37 Å². The quantitative estimate of drug-likeness (QED) is 0.721. The first-order valence-corrected chi connectivity index (χ1v) is 7.22. The lowest BCUT2D eigenvalue weighted by Gasteiger charge is -2.11. The van der Waals surface area contributed by atoms with Gasteiger partial charge in [-0.2, -0.15) is 0 Å². The summed E-state index contributed by atoms with van der Waals surface area (Å²) in [5.74, 6) is 0.324. The normalized spacial score (nSPS) is 10.1. The van der Waals surface area contributed by atoms with Crippen molar-refractivity contribution in [2.45, 2.75) is 46.9 Å². The molecule has 0 saturated heterocycles. The molecule has 4 nitrogen and oxygen atoms in total. The van der Waals surface area contributed by atoms with Crippen molar-refractivity contribution in [3.05, 3.63) is 0 Å². The van der Waals surface area contributed by atoms with Gasteiger partial charge >= 0.3 is 0 Å². The molecule has 0 aliphatic heterocycles. The Hall–Kier alpha value is -0.550. The molecule has 0 rings (SSSR count). The Bertz CT molecular complexity index is 187. The van der Waals surface area contributed by atoms with E-state index in [4.69, 9.17) is 0 Å². The molecule has 0 aliphatic carbocycles. The Balaban J connectivity index is -0.000000439. The molecular formula is C12H28N2O2S. The van der Waals surface area contributed by atoms with Crippen LogP contribution in [0.5, 0.6) is 0 Å². The number of amides is 1. The molecule has 5 heteroatoms. The van der Waals surface area contributed by atoms with E-state index in [2.05, 4.69) is 10.6 Å². The largest absolute Gasteiger partial charge is 0.356 e. The van der Waals surface area contributed by atoms with Crippen molar-refractivity contribution < 1.29 is 9.59 Å². The second-order valence-electron chi connectivity index (χ2n) is 2.54. The van der Waals surface area contributed by atoms with Crippen molar-refractivity contribution in [3.63, 3.8) is 0 Å². The highest BCUT2D eigenvalue weighted by Crippen LogP contribution is 2.07. The molecule has 0 aromatic heterocycles. The molecule has 104 valence electrons. The number of hydrogen-bond donors (Lipinski definition) is 2. The number of likely N-dealkylation sites (N-methyl/N-ethyl adjacent to an activating group) is 1. The molecule has 0 saturated carbocycles. The lowest BCUT2D eigenvalue weighted by molar-refractivity contribution is -0.118. The van der Waals surface area contributed by atoms with Crippen LogP contribution >= 0.6 is 11.8 Å². The molecule has 0 bridgehead atoms. The number of nitrogens with one attached hydrogen (secondary N) is 2. The average molecular weight is 264 g/mol. The number of carbonyl (C=O) groups excluding carboxylic acids is 2. The maximum Gasteiger partial charge on any atom is 0.230 e. The monoisotopic (exact) mass is 264 g/mol. The fraction of sp³-hybridized carbons (Fsp3) is 0.833. The number of hydrogen-bond acceptors (Lipinski definition) is 4. The van der Waals surface area contributed by atoms with E-state index < -0.39 is 0 Å². The van der Waals surface area contributed by atoms with Crippen LogP contribution in [0.25, 0.3) is 0 Å². The van der Waals surface area contributed by atoms with Crippen LogP contribution in [0.3, 0.4) is 0 Å². The van der Waals surface area contributed by atoms with Crippen LogP contribution in [0.1, 0.15) is 41.5 Å². The maximum atomic E-state index is 11.0. The summed E-state index contributed by atoms with van der Waals surface area (Å²) in [6.45, 7) is 12.0. The topological polar surface area (TPSA) is 58.2 Å². The minimum Gasteiger partial charge on any atom is -0.356 e. The van der Waals surface area contributed by atoms with E-state index in [9.17, 15) is 9.59 Å². The van der Waals surface area contributed by atoms with Gasteiger partial charge in [0.15, 0.2) is 5.78 Å². The maximum absolute atomic E-state index is 11.0. The van der Waals surface area contributed by atoms with Crippen molar-refractivity contribution in [1.82, 2.24) is 10.6 Å². The first-order chi connectivity index (χ1) is 8.11. The van der Waals surface area contributed by atoms with Crippen LogP contribution in [0.4, 0.5) is 0 Å². The number of thioether (sulfide) groups is 1. The third-order valence-electron chi connectivity index (χ3n) is 1.39. The zero-order chi connectivity index (χ0) is 14.3. The minimum absolute atomic E-state index is 0.0333. The Morgan fingerprint density at radius 3 is 1.94 bits per heavy atom. The van der Waals surface area contributed by atoms with Crippen LogP contribution in [0.15, 0.2) is 0 Å². The third-order valence-corrected chi connectivity index (χ3v) is 2.72. The van der Waals surface area contributed by atoms with Gasteiger partial charge in [-0.15, -0.1) is 11.8 Å². The fourth-order valence-corrected chi connectivity index (χ4v) is 1.63. The van der Waals surface area contributed by atoms with Gasteiger partial charge in [0.25, 0.3) is 0 Å². The molecular weight excluding hydrogens is 236 g/mol. The Morgan fingerprint density at radius 1 is 1.18 bits per heavy atom. The molecule has 0 radical (unpaired) electrons. The van der Waals surface area contributed by atoms with Gasteiger partial charge in [-0.25, -0.2) is 0 Å². The second-order valence-corrected chi connectivity index (χ2v) is 3.64. The molecule has 0 fully saturated rings. The fourth-order valence-electron chi connectivity index (χ4n) is 0.811. The standard InChI is InChI=1S/C8H16N2O2S.2C2H6/c1-4-10-7(12)5-13-8(9-3)6(2)11;2*1-2/h8-9H,4-5H2,1-3H3,(H,10,12);2*1-2H3. The summed E-state index contributed by atoms with van der Waals surface area (Å²) in [5, 5.41) is 5.22. The van der Waals surface area contributed by atoms with Gasteiger partial charge in [0, 0.05) is 6.54 Å². The van der Waals surface area contributed by atoms with Crippen molar-refractivity contribution in [2.75, 3.05) is 19.3 Å². The number of rotatable bonds is 6. The summed E-state index contributed by atoms with van der Waals surface area (Å²) < 4.78 is 0. The predicted molar refractivity (Wildman–Crippen MR) is 77.4 cm³/mol. The summed E-state index contributed by atoms with van der Waals surface area (Å²) in [6.07, 6.45) is 0. The first-order valence-electron chi connectivity index (χ1n) is 6.17. The van der Waals surface area contributed by atoms with Gasteiger partial charge in [0.05, 0.1) is 5.75 Å². The number of ketones is 1. The highest BCUT2D eigenvalue weighted by molar-refractivity contribution is 8.01. The van der Waals surface area contributed by atoms with Gasteiger partial charge in [0.2, 0.25) is 5.91 Å². The van der Waals surface area contributed by atoms with E-state index in [-0.39, 0.29) is 17.1 Å². The zero-order valence-electron chi connectivity index (χ0n) is 12.2. The highest BCUT2D eigenvalue weighted by atomic mass is 32.2. The smallest absolute Gasteiger partial charge is 0.230 e. The second kappa shape index (κ2) is 17.8. The predicted octanol–water partition coefficient (Wildman–Crippen LogP) is 2.04. The van der Waals surface area contributed by atoms with E-state index in [1.807, 2.05) is 34.6 Å². The lowest BCUT2D eigenvalue weighted by Crippen LogP contribution is -2.32. The minimum atomic E-state index is -0.275. The molecule has 0 heterocycles. The van der Waals surface area contributed by atoms with Crippen molar-refractivity contribution in [1.29, 1.82) is 0 Å². The van der Waals surface area contributed by atoms with E-state index in [0.717, 1.165) is 0 Å². The van der Waals surface area contributed by atoms with Crippen LogP contribution in [-0.2, 0) is 9.59 Å². The van der Waals surface area contributed by atoms with Gasteiger partial charge in [-0.05, 0) is 20.9 Å². The van der Waals surface area contributed by atoms with Gasteiger partial charge in [-0.1, -0.05) is 27.7 Å². The third kappa shape index (κ3) is 15.4. The summed E-state index contributed by atoms with van der Waals surface area (Å²) in [6, 6.07) is 0. The van der Waals surface area contributed by atoms with Crippen molar-refractivity contribution in [3.8, 4) is 0 Å². The molecule has 0 aromatic carbocycles. The first kappa shape index (κ1) is 21.7. The Kier molecular flexibility index (Phi) is 22.8. The molecule has 0 aliphatic rings. The van der Waals surface area contributed by atoms with Gasteiger partial charge < -0.3 is 10.6 Å². The molecule has 2 N–H and O–H groups in total. The van der Waals surface area contributed by atoms with Crippen molar-refractivity contribution >= 4 is 23.5 Å². The van der Waals surface area contributed by atoms with E-state index in [1.54, 1.807) is 7.05 Å². The number of Topliss-reactive ketones (excluding diaryl/α,β-unsaturated/α-hetero) is 1. The van der Waals surface area contributed by atoms with Crippen molar-refractivity contribution in [2.24, 2.45) is 0 Å². The zero-order valence-corrected chi connectivity index (χ0v) is 13.0. The summed E-state index contributed by atoms with van der Waals surface area (Å²) >= 11 is 1.30. The Morgan fingerprint density at radius 2 is 1.65 bits per heavy atom. The molecule has 1 amide bonds. The van der Waals surface area contributed by atoms with Crippen LogP contribution in [0, 0.1) is 0 Å². The molecule has 1 atom stereocenters. The van der Waals surface area contributed by atoms with Gasteiger partial charge in [-0.3, -0.25) is 9.59 Å². The lowest BCUT2D eigenvalue weighted by atomic mass is 10.4. The summed E-state index contributed by atoms with van der Waals surface area (Å²) in [7, 11) is 1.71. The molecule has 1 unspecified atom stereocenters.